The van der Waals surface area contributed by atoms with Crippen LogP contribution in [0.2, 0.25) is 5.02 Å². The second kappa shape index (κ2) is 5.54. The van der Waals surface area contributed by atoms with Crippen molar-refractivity contribution in [2.45, 2.75) is 0 Å². The molecule has 0 aliphatic carbocycles. The van der Waals surface area contributed by atoms with Crippen molar-refractivity contribution in [2.75, 3.05) is 0 Å². The van der Waals surface area contributed by atoms with Gasteiger partial charge in [0.15, 0.2) is 5.75 Å². The van der Waals surface area contributed by atoms with Gasteiger partial charge in [0.1, 0.15) is 5.84 Å². The van der Waals surface area contributed by atoms with Crippen LogP contribution < -0.4 is 10.5 Å². The number of aromatic nitrogens is 1. The molecular formula is C12H9ClN4O3. The second-order valence-corrected chi connectivity index (χ2v) is 4.19. The number of hydrogen-bond acceptors (Lipinski definition) is 5. The van der Waals surface area contributed by atoms with Crippen LogP contribution in [0, 0.1) is 15.5 Å². The highest BCUT2D eigenvalue weighted by atomic mass is 35.5. The Morgan fingerprint density at radius 2 is 2.15 bits per heavy atom. The van der Waals surface area contributed by atoms with E-state index in [2.05, 4.69) is 4.98 Å². The normalized spacial score (nSPS) is 10.1. The molecule has 0 fully saturated rings. The zero-order valence-electron chi connectivity index (χ0n) is 10.0. The molecule has 0 radical (unpaired) electrons. The van der Waals surface area contributed by atoms with Gasteiger partial charge in [0, 0.05) is 23.4 Å². The summed E-state index contributed by atoms with van der Waals surface area (Å²) in [6.45, 7) is 0. The summed E-state index contributed by atoms with van der Waals surface area (Å²) in [5.74, 6) is -0.129. The smallest absolute Gasteiger partial charge is 0.311 e. The summed E-state index contributed by atoms with van der Waals surface area (Å²) in [5.41, 5.74) is 5.46. The van der Waals surface area contributed by atoms with Crippen molar-refractivity contribution in [3.63, 3.8) is 0 Å². The van der Waals surface area contributed by atoms with Gasteiger partial charge in [-0.1, -0.05) is 11.6 Å². The second-order valence-electron chi connectivity index (χ2n) is 3.76. The quantitative estimate of drug-likeness (QED) is 0.389. The van der Waals surface area contributed by atoms with Crippen LogP contribution in [0.1, 0.15) is 5.56 Å². The Bertz CT molecular complexity index is 690. The molecule has 0 amide bonds. The maximum absolute atomic E-state index is 10.9. The maximum Gasteiger partial charge on any atom is 0.311 e. The molecule has 20 heavy (non-hydrogen) atoms. The Balaban J connectivity index is 2.47. The van der Waals surface area contributed by atoms with E-state index in [9.17, 15) is 10.1 Å². The first-order valence-electron chi connectivity index (χ1n) is 5.39. The minimum Gasteiger partial charge on any atom is -0.448 e. The largest absolute Gasteiger partial charge is 0.448 e. The van der Waals surface area contributed by atoms with Gasteiger partial charge in [-0.2, -0.15) is 0 Å². The molecule has 0 atom stereocenters. The van der Waals surface area contributed by atoms with Gasteiger partial charge in [-0.3, -0.25) is 20.5 Å². The summed E-state index contributed by atoms with van der Waals surface area (Å²) in [7, 11) is 0. The minimum atomic E-state index is -0.588. The van der Waals surface area contributed by atoms with Gasteiger partial charge < -0.3 is 10.5 Å². The Labute approximate surface area is 118 Å². The van der Waals surface area contributed by atoms with Gasteiger partial charge in [-0.15, -0.1) is 0 Å². The molecule has 2 rings (SSSR count). The van der Waals surface area contributed by atoms with E-state index >= 15 is 0 Å². The summed E-state index contributed by atoms with van der Waals surface area (Å²) in [5, 5.41) is 18.7. The lowest BCUT2D eigenvalue weighted by molar-refractivity contribution is -0.385. The summed E-state index contributed by atoms with van der Waals surface area (Å²) >= 11 is 5.80. The summed E-state index contributed by atoms with van der Waals surface area (Å²) < 4.78 is 5.43. The fraction of sp³-hybridized carbons (Fsp3) is 0. The number of hydrogen-bond donors (Lipinski definition) is 2. The molecule has 1 aromatic carbocycles. The number of nitro benzene ring substituents is 1. The molecule has 0 bridgehead atoms. The van der Waals surface area contributed by atoms with Crippen LogP contribution in [0.4, 0.5) is 5.69 Å². The highest BCUT2D eigenvalue weighted by Crippen LogP contribution is 2.34. The first-order valence-corrected chi connectivity index (χ1v) is 5.77. The standard InChI is InChI=1S/C12H9ClN4O3/c13-7-1-2-9(17(18)19)10(5-7)20-11-6-16-4-3-8(11)12(14)15/h1-6H,(H3,14,15). The van der Waals surface area contributed by atoms with Gasteiger partial charge in [0.25, 0.3) is 0 Å². The van der Waals surface area contributed by atoms with Crippen molar-refractivity contribution in [2.24, 2.45) is 5.73 Å². The SMILES string of the molecule is N=C(N)c1ccncc1Oc1cc(Cl)ccc1[N+](=O)[O-]. The number of benzene rings is 1. The number of pyridine rings is 1. The third kappa shape index (κ3) is 2.83. The highest BCUT2D eigenvalue weighted by Gasteiger charge is 2.18. The minimum absolute atomic E-state index is 0.0435. The van der Waals surface area contributed by atoms with E-state index in [-0.39, 0.29) is 28.6 Å². The number of nitro groups is 1. The Hall–Kier alpha value is -2.67. The number of ether oxygens (including phenoxy) is 1. The number of halogens is 1. The number of amidine groups is 1. The maximum atomic E-state index is 10.9. The van der Waals surface area contributed by atoms with Crippen LogP contribution in [0.25, 0.3) is 0 Å². The average molecular weight is 293 g/mol. The molecule has 102 valence electrons. The van der Waals surface area contributed by atoms with Crippen molar-refractivity contribution < 1.29 is 9.66 Å². The molecule has 0 unspecified atom stereocenters. The number of nitrogens with zero attached hydrogens (tertiary/aromatic N) is 2. The van der Waals surface area contributed by atoms with Gasteiger partial charge in [0.2, 0.25) is 5.75 Å². The van der Waals surface area contributed by atoms with E-state index in [1.54, 1.807) is 0 Å². The number of rotatable bonds is 4. The van der Waals surface area contributed by atoms with Crippen molar-refractivity contribution >= 4 is 23.1 Å². The van der Waals surface area contributed by atoms with Gasteiger partial charge in [-0.05, 0) is 12.1 Å². The summed E-state index contributed by atoms with van der Waals surface area (Å²) in [6.07, 6.45) is 2.76. The van der Waals surface area contributed by atoms with Crippen LogP contribution in [0.5, 0.6) is 11.5 Å². The molecule has 0 aliphatic heterocycles. The molecule has 0 spiro atoms. The highest BCUT2D eigenvalue weighted by molar-refractivity contribution is 6.30. The summed E-state index contributed by atoms with van der Waals surface area (Å²) in [4.78, 5) is 14.2. The third-order valence-electron chi connectivity index (χ3n) is 2.41. The molecule has 1 heterocycles. The Morgan fingerprint density at radius 3 is 2.80 bits per heavy atom. The Kier molecular flexibility index (Phi) is 3.81. The Morgan fingerprint density at radius 1 is 1.40 bits per heavy atom. The molecule has 0 saturated heterocycles. The van der Waals surface area contributed by atoms with E-state index in [4.69, 9.17) is 27.5 Å². The van der Waals surface area contributed by atoms with Crippen LogP contribution in [0.15, 0.2) is 36.7 Å². The van der Waals surface area contributed by atoms with E-state index in [1.165, 1.54) is 36.7 Å². The number of nitrogens with two attached hydrogens (primary N) is 1. The zero-order chi connectivity index (χ0) is 14.7. The lowest BCUT2D eigenvalue weighted by Gasteiger charge is -2.09. The zero-order valence-corrected chi connectivity index (χ0v) is 10.8. The van der Waals surface area contributed by atoms with E-state index in [0.29, 0.717) is 5.02 Å². The van der Waals surface area contributed by atoms with E-state index < -0.39 is 4.92 Å². The molecular weight excluding hydrogens is 284 g/mol. The van der Waals surface area contributed by atoms with E-state index in [0.717, 1.165) is 0 Å². The van der Waals surface area contributed by atoms with Crippen LogP contribution in [-0.2, 0) is 0 Å². The van der Waals surface area contributed by atoms with Crippen molar-refractivity contribution in [1.29, 1.82) is 5.41 Å². The molecule has 2 aromatic rings. The van der Waals surface area contributed by atoms with Gasteiger partial charge >= 0.3 is 5.69 Å². The van der Waals surface area contributed by atoms with Gasteiger partial charge in [0.05, 0.1) is 16.7 Å². The lowest BCUT2D eigenvalue weighted by Crippen LogP contribution is -2.12. The molecule has 1 aromatic heterocycles. The predicted molar refractivity (Wildman–Crippen MR) is 73.4 cm³/mol. The van der Waals surface area contributed by atoms with Crippen LogP contribution >= 0.6 is 11.6 Å². The fourth-order valence-corrected chi connectivity index (χ4v) is 1.68. The topological polar surface area (TPSA) is 115 Å². The molecule has 8 heteroatoms. The molecule has 0 aliphatic rings. The average Bonchev–Trinajstić information content (AvgIpc) is 2.38. The first-order chi connectivity index (χ1) is 9.49. The monoisotopic (exact) mass is 292 g/mol. The fourth-order valence-electron chi connectivity index (χ4n) is 1.52. The number of nitrogens with one attached hydrogen (secondary N) is 1. The van der Waals surface area contributed by atoms with Crippen molar-refractivity contribution in [3.8, 4) is 11.5 Å². The molecule has 3 N–H and O–H groups in total. The van der Waals surface area contributed by atoms with E-state index in [1.807, 2.05) is 0 Å². The number of nitrogen functional groups attached to an aromatic ring is 1. The predicted octanol–water partition coefficient (Wildman–Crippen LogP) is 2.72. The summed E-state index contributed by atoms with van der Waals surface area (Å²) in [6, 6.07) is 5.42. The van der Waals surface area contributed by atoms with Crippen molar-refractivity contribution in [3.05, 3.63) is 57.4 Å². The van der Waals surface area contributed by atoms with Gasteiger partial charge in [-0.25, -0.2) is 0 Å². The first kappa shape index (κ1) is 13.8. The molecule has 7 nitrogen and oxygen atoms in total. The van der Waals surface area contributed by atoms with Crippen LogP contribution in [-0.4, -0.2) is 15.7 Å². The molecule has 0 saturated carbocycles. The van der Waals surface area contributed by atoms with Crippen LogP contribution in [0.3, 0.4) is 0 Å². The van der Waals surface area contributed by atoms with Crippen molar-refractivity contribution in [1.82, 2.24) is 4.98 Å². The third-order valence-corrected chi connectivity index (χ3v) is 2.65. The lowest BCUT2D eigenvalue weighted by atomic mass is 10.2.